The van der Waals surface area contributed by atoms with E-state index in [0.29, 0.717) is 6.04 Å². The zero-order valence-corrected chi connectivity index (χ0v) is 12.6. The van der Waals surface area contributed by atoms with Gasteiger partial charge in [0, 0.05) is 38.5 Å². The summed E-state index contributed by atoms with van der Waals surface area (Å²) in [5, 5.41) is 7.99. The van der Waals surface area contributed by atoms with Crippen molar-refractivity contribution in [3.05, 3.63) is 17.5 Å². The third-order valence-corrected chi connectivity index (χ3v) is 3.32. The maximum absolute atomic E-state index is 5.45. The van der Waals surface area contributed by atoms with E-state index in [2.05, 4.69) is 44.3 Å². The van der Waals surface area contributed by atoms with Crippen LogP contribution in [-0.4, -0.2) is 28.5 Å². The minimum absolute atomic E-state index is 0.0745. The number of ether oxygens (including phenoxy) is 1. The van der Waals surface area contributed by atoms with Crippen LogP contribution in [0.4, 0.5) is 0 Å². The van der Waals surface area contributed by atoms with Gasteiger partial charge >= 0.3 is 0 Å². The molecule has 0 fully saturated rings. The highest BCUT2D eigenvalue weighted by molar-refractivity contribution is 5.16. The molecule has 18 heavy (non-hydrogen) atoms. The third-order valence-electron chi connectivity index (χ3n) is 3.32. The molecule has 1 heterocycles. The van der Waals surface area contributed by atoms with E-state index in [1.807, 2.05) is 11.7 Å². The first kappa shape index (κ1) is 15.2. The van der Waals surface area contributed by atoms with Gasteiger partial charge in [0.25, 0.3) is 0 Å². The molecule has 0 saturated heterocycles. The summed E-state index contributed by atoms with van der Waals surface area (Å²) in [5.41, 5.74) is 2.40. The highest BCUT2D eigenvalue weighted by atomic mass is 16.5. The van der Waals surface area contributed by atoms with Crippen LogP contribution in [0.3, 0.4) is 0 Å². The van der Waals surface area contributed by atoms with Gasteiger partial charge in [-0.15, -0.1) is 0 Å². The van der Waals surface area contributed by atoms with Crippen molar-refractivity contribution in [3.63, 3.8) is 0 Å². The second-order valence-electron chi connectivity index (χ2n) is 5.58. The van der Waals surface area contributed by atoms with Gasteiger partial charge in [0.05, 0.1) is 11.3 Å². The number of nitrogens with zero attached hydrogens (tertiary/aromatic N) is 2. The van der Waals surface area contributed by atoms with Crippen molar-refractivity contribution in [1.82, 2.24) is 15.1 Å². The van der Waals surface area contributed by atoms with E-state index in [4.69, 9.17) is 4.74 Å². The van der Waals surface area contributed by atoms with Crippen LogP contribution in [0.2, 0.25) is 0 Å². The van der Waals surface area contributed by atoms with Crippen LogP contribution in [0.1, 0.15) is 45.4 Å². The summed E-state index contributed by atoms with van der Waals surface area (Å²) in [4.78, 5) is 0. The van der Waals surface area contributed by atoms with Gasteiger partial charge < -0.3 is 10.1 Å². The fourth-order valence-electron chi connectivity index (χ4n) is 2.21. The maximum Gasteiger partial charge on any atom is 0.0666 e. The van der Waals surface area contributed by atoms with Crippen LogP contribution in [0.15, 0.2) is 6.20 Å². The van der Waals surface area contributed by atoms with Crippen LogP contribution in [0.25, 0.3) is 0 Å². The Labute approximate surface area is 111 Å². The molecule has 0 aliphatic carbocycles. The normalized spacial score (nSPS) is 13.9. The smallest absolute Gasteiger partial charge is 0.0666 e. The van der Waals surface area contributed by atoms with Crippen LogP contribution >= 0.6 is 0 Å². The minimum atomic E-state index is -0.0745. The first-order chi connectivity index (χ1) is 8.38. The Morgan fingerprint density at radius 2 is 2.17 bits per heavy atom. The molecule has 1 aromatic heterocycles. The summed E-state index contributed by atoms with van der Waals surface area (Å²) in [5.74, 6) is 0. The van der Waals surface area contributed by atoms with Crippen LogP contribution in [0.5, 0.6) is 0 Å². The lowest BCUT2D eigenvalue weighted by atomic mass is 10.00. The van der Waals surface area contributed by atoms with Gasteiger partial charge in [0.2, 0.25) is 0 Å². The number of methoxy groups -OCH3 is 1. The fraction of sp³-hybridized carbons (Fsp3) is 0.786. The molecule has 0 saturated carbocycles. The molecule has 0 aromatic carbocycles. The van der Waals surface area contributed by atoms with E-state index in [9.17, 15) is 0 Å². The predicted octanol–water partition coefficient (Wildman–Crippen LogP) is 2.28. The molecule has 0 bridgehead atoms. The lowest BCUT2D eigenvalue weighted by Gasteiger charge is -2.27. The molecule has 1 rings (SSSR count). The number of rotatable bonds is 7. The molecule has 104 valence electrons. The van der Waals surface area contributed by atoms with Crippen molar-refractivity contribution in [1.29, 1.82) is 0 Å². The molecule has 0 amide bonds. The summed E-state index contributed by atoms with van der Waals surface area (Å²) >= 11 is 0. The van der Waals surface area contributed by atoms with Crippen molar-refractivity contribution in [3.8, 4) is 0 Å². The molecule has 0 aliphatic rings. The highest BCUT2D eigenvalue weighted by Crippen LogP contribution is 2.16. The van der Waals surface area contributed by atoms with Gasteiger partial charge in [-0.25, -0.2) is 0 Å². The van der Waals surface area contributed by atoms with Gasteiger partial charge in [0.15, 0.2) is 0 Å². The summed E-state index contributed by atoms with van der Waals surface area (Å²) in [7, 11) is 3.74. The molecule has 4 heteroatoms. The van der Waals surface area contributed by atoms with Crippen molar-refractivity contribution in [2.75, 3.05) is 7.11 Å². The van der Waals surface area contributed by atoms with Crippen molar-refractivity contribution >= 4 is 0 Å². The first-order valence-electron chi connectivity index (χ1n) is 6.68. The molecule has 1 N–H and O–H groups in total. The third kappa shape index (κ3) is 4.42. The first-order valence-corrected chi connectivity index (χ1v) is 6.68. The van der Waals surface area contributed by atoms with Crippen molar-refractivity contribution in [2.45, 2.75) is 58.7 Å². The Balaban J connectivity index is 2.49. The van der Waals surface area contributed by atoms with Crippen LogP contribution < -0.4 is 5.32 Å². The molecule has 0 radical (unpaired) electrons. The largest absolute Gasteiger partial charge is 0.379 e. The van der Waals surface area contributed by atoms with E-state index in [1.54, 1.807) is 7.11 Å². The molecule has 1 unspecified atom stereocenters. The Kier molecular flexibility index (Phi) is 5.35. The Bertz CT molecular complexity index is 371. The average Bonchev–Trinajstić information content (AvgIpc) is 2.66. The van der Waals surface area contributed by atoms with Gasteiger partial charge in [-0.3, -0.25) is 4.68 Å². The maximum atomic E-state index is 5.45. The van der Waals surface area contributed by atoms with Crippen LogP contribution in [-0.2, 0) is 24.8 Å². The number of hydrogen-bond acceptors (Lipinski definition) is 3. The zero-order chi connectivity index (χ0) is 13.8. The fourth-order valence-corrected chi connectivity index (χ4v) is 2.21. The van der Waals surface area contributed by atoms with Crippen molar-refractivity contribution in [2.24, 2.45) is 7.05 Å². The minimum Gasteiger partial charge on any atom is -0.379 e. The average molecular weight is 253 g/mol. The molecule has 0 aliphatic heterocycles. The molecular formula is C14H27N3O. The van der Waals surface area contributed by atoms with E-state index in [-0.39, 0.29) is 5.60 Å². The molecule has 0 spiro atoms. The van der Waals surface area contributed by atoms with E-state index < -0.39 is 0 Å². The van der Waals surface area contributed by atoms with Gasteiger partial charge in [0.1, 0.15) is 0 Å². The van der Waals surface area contributed by atoms with E-state index in [1.165, 1.54) is 11.3 Å². The predicted molar refractivity (Wildman–Crippen MR) is 74.6 cm³/mol. The van der Waals surface area contributed by atoms with E-state index in [0.717, 1.165) is 19.4 Å². The summed E-state index contributed by atoms with van der Waals surface area (Å²) in [6.45, 7) is 9.45. The van der Waals surface area contributed by atoms with E-state index >= 15 is 0 Å². The molecule has 1 aromatic rings. The number of aryl methyl sites for hydroxylation is 2. The number of hydrogen-bond donors (Lipinski definition) is 1. The number of nitrogens with one attached hydrogen (secondary N) is 1. The number of aromatic nitrogens is 2. The van der Waals surface area contributed by atoms with Crippen molar-refractivity contribution < 1.29 is 4.74 Å². The van der Waals surface area contributed by atoms with Gasteiger partial charge in [-0.05, 0) is 33.6 Å². The van der Waals surface area contributed by atoms with Gasteiger partial charge in [-0.1, -0.05) is 6.92 Å². The lowest BCUT2D eigenvalue weighted by molar-refractivity contribution is 0.00844. The SMILES string of the molecule is CCc1nn(C)cc1CNC(C)CC(C)(C)OC. The Morgan fingerprint density at radius 1 is 1.50 bits per heavy atom. The second-order valence-corrected chi connectivity index (χ2v) is 5.58. The second kappa shape index (κ2) is 6.34. The molecule has 1 atom stereocenters. The Morgan fingerprint density at radius 3 is 2.72 bits per heavy atom. The highest BCUT2D eigenvalue weighted by Gasteiger charge is 2.20. The van der Waals surface area contributed by atoms with Gasteiger partial charge in [-0.2, -0.15) is 5.10 Å². The van der Waals surface area contributed by atoms with Crippen LogP contribution in [0, 0.1) is 0 Å². The zero-order valence-electron chi connectivity index (χ0n) is 12.6. The standard InChI is InChI=1S/C14H27N3O/c1-7-13-12(10-17(5)16-13)9-15-11(2)8-14(3,4)18-6/h10-11,15H,7-9H2,1-6H3. The summed E-state index contributed by atoms with van der Waals surface area (Å²) < 4.78 is 7.34. The topological polar surface area (TPSA) is 39.1 Å². The Hall–Kier alpha value is -0.870. The molecule has 4 nitrogen and oxygen atoms in total. The summed E-state index contributed by atoms with van der Waals surface area (Å²) in [6.07, 6.45) is 4.07. The lowest BCUT2D eigenvalue weighted by Crippen LogP contribution is -2.35. The molecular weight excluding hydrogens is 226 g/mol. The quantitative estimate of drug-likeness (QED) is 0.810. The summed E-state index contributed by atoms with van der Waals surface area (Å²) in [6, 6.07) is 0.421. The monoisotopic (exact) mass is 253 g/mol.